The van der Waals surface area contributed by atoms with Crippen molar-refractivity contribution >= 4 is 22.4 Å². The van der Waals surface area contributed by atoms with Gasteiger partial charge in [-0.2, -0.15) is 0 Å². The number of fused-ring (bicyclic) bond motifs is 1. The Bertz CT molecular complexity index is 819. The molecule has 4 nitrogen and oxygen atoms in total. The summed E-state index contributed by atoms with van der Waals surface area (Å²) < 4.78 is 2.27. The highest BCUT2D eigenvalue weighted by molar-refractivity contribution is 7.09. The summed E-state index contributed by atoms with van der Waals surface area (Å²) in [7, 11) is 2.14. The molecule has 0 unspecified atom stereocenters. The molecule has 0 radical (unpaired) electrons. The van der Waals surface area contributed by atoms with Crippen LogP contribution in [0.3, 0.4) is 0 Å². The predicted octanol–water partition coefficient (Wildman–Crippen LogP) is 3.72. The smallest absolute Gasteiger partial charge is 0.127 e. The molecule has 1 fully saturated rings. The molecule has 1 atom stereocenters. The molecule has 0 amide bonds. The number of imidazole rings is 1. The van der Waals surface area contributed by atoms with E-state index in [0.29, 0.717) is 6.04 Å². The van der Waals surface area contributed by atoms with Crippen molar-refractivity contribution < 1.29 is 0 Å². The fourth-order valence-electron chi connectivity index (χ4n) is 3.63. The molecule has 0 aliphatic carbocycles. The highest BCUT2D eigenvalue weighted by Gasteiger charge is 2.29. The predicted molar refractivity (Wildman–Crippen MR) is 94.8 cm³/mol. The molecule has 23 heavy (non-hydrogen) atoms. The average Bonchev–Trinajstić information content (AvgIpc) is 3.25. The molecule has 1 aliphatic rings. The van der Waals surface area contributed by atoms with Gasteiger partial charge in [-0.25, -0.2) is 9.97 Å². The zero-order valence-corrected chi connectivity index (χ0v) is 14.5. The summed E-state index contributed by atoms with van der Waals surface area (Å²) in [6.07, 6.45) is 3.49. The fraction of sp³-hybridized carbons (Fsp3) is 0.444. The van der Waals surface area contributed by atoms with Crippen LogP contribution in [0, 0.1) is 6.92 Å². The Morgan fingerprint density at radius 3 is 2.91 bits per heavy atom. The van der Waals surface area contributed by atoms with Gasteiger partial charge in [0.15, 0.2) is 0 Å². The summed E-state index contributed by atoms with van der Waals surface area (Å²) in [6.45, 7) is 4.31. The average molecular weight is 326 g/mol. The molecule has 0 spiro atoms. The topological polar surface area (TPSA) is 34.0 Å². The Balaban J connectivity index is 1.55. The van der Waals surface area contributed by atoms with E-state index in [0.717, 1.165) is 30.0 Å². The summed E-state index contributed by atoms with van der Waals surface area (Å²) in [4.78, 5) is 12.1. The lowest BCUT2D eigenvalue weighted by Gasteiger charge is -2.23. The largest absolute Gasteiger partial charge is 0.330 e. The lowest BCUT2D eigenvalue weighted by Crippen LogP contribution is -2.27. The van der Waals surface area contributed by atoms with Gasteiger partial charge in [0.05, 0.1) is 27.8 Å². The second-order valence-electron chi connectivity index (χ2n) is 6.32. The number of benzene rings is 1. The van der Waals surface area contributed by atoms with Crippen molar-refractivity contribution in [3.63, 3.8) is 0 Å². The van der Waals surface area contributed by atoms with Gasteiger partial charge in [0, 0.05) is 25.4 Å². The van der Waals surface area contributed by atoms with E-state index in [9.17, 15) is 0 Å². The Labute approximate surface area is 140 Å². The van der Waals surface area contributed by atoms with Crippen LogP contribution in [0.15, 0.2) is 29.6 Å². The number of nitrogens with zero attached hydrogens (tertiary/aromatic N) is 4. The van der Waals surface area contributed by atoms with Gasteiger partial charge in [0.1, 0.15) is 5.82 Å². The van der Waals surface area contributed by atoms with Crippen molar-refractivity contribution in [1.82, 2.24) is 19.4 Å². The number of aromatic nitrogens is 3. The van der Waals surface area contributed by atoms with Crippen LogP contribution in [0.1, 0.15) is 35.4 Å². The zero-order valence-electron chi connectivity index (χ0n) is 13.7. The SMILES string of the molecule is Cc1nc(CCN2CCC[C@@H]2c2nc3ccccc3n2C)cs1. The van der Waals surface area contributed by atoms with Crippen LogP contribution in [-0.2, 0) is 13.5 Å². The van der Waals surface area contributed by atoms with E-state index in [4.69, 9.17) is 4.98 Å². The number of para-hydroxylation sites is 2. The first-order valence-electron chi connectivity index (χ1n) is 8.29. The van der Waals surface area contributed by atoms with E-state index in [2.05, 4.69) is 58.1 Å². The van der Waals surface area contributed by atoms with Crippen molar-refractivity contribution in [2.24, 2.45) is 7.05 Å². The van der Waals surface area contributed by atoms with Crippen molar-refractivity contribution in [3.05, 3.63) is 46.2 Å². The van der Waals surface area contributed by atoms with Gasteiger partial charge in [0.25, 0.3) is 0 Å². The molecular weight excluding hydrogens is 304 g/mol. The minimum absolute atomic E-state index is 0.437. The van der Waals surface area contributed by atoms with E-state index in [1.54, 1.807) is 11.3 Å². The third-order valence-corrected chi connectivity index (χ3v) is 5.63. The minimum Gasteiger partial charge on any atom is -0.330 e. The number of hydrogen-bond acceptors (Lipinski definition) is 4. The first kappa shape index (κ1) is 14.8. The van der Waals surface area contributed by atoms with Gasteiger partial charge in [-0.05, 0) is 38.4 Å². The molecule has 3 aromatic rings. The minimum atomic E-state index is 0.437. The summed E-state index contributed by atoms with van der Waals surface area (Å²) in [6, 6.07) is 8.85. The molecule has 1 aliphatic heterocycles. The zero-order chi connectivity index (χ0) is 15.8. The molecular formula is C18H22N4S. The van der Waals surface area contributed by atoms with E-state index in [-0.39, 0.29) is 0 Å². The van der Waals surface area contributed by atoms with Crippen molar-refractivity contribution in [2.75, 3.05) is 13.1 Å². The van der Waals surface area contributed by atoms with Gasteiger partial charge in [0.2, 0.25) is 0 Å². The summed E-state index contributed by atoms with van der Waals surface area (Å²) in [5.74, 6) is 1.21. The molecule has 0 bridgehead atoms. The molecule has 2 aromatic heterocycles. The highest BCUT2D eigenvalue weighted by Crippen LogP contribution is 2.32. The monoisotopic (exact) mass is 326 g/mol. The number of thiazole rings is 1. The van der Waals surface area contributed by atoms with Crippen LogP contribution < -0.4 is 0 Å². The van der Waals surface area contributed by atoms with Gasteiger partial charge in [-0.3, -0.25) is 4.90 Å². The van der Waals surface area contributed by atoms with Crippen LogP contribution in [0.2, 0.25) is 0 Å². The van der Waals surface area contributed by atoms with Crippen molar-refractivity contribution in [1.29, 1.82) is 0 Å². The molecule has 0 saturated carbocycles. The third kappa shape index (κ3) is 2.79. The fourth-order valence-corrected chi connectivity index (χ4v) is 4.28. The number of rotatable bonds is 4. The molecule has 5 heteroatoms. The van der Waals surface area contributed by atoms with Gasteiger partial charge >= 0.3 is 0 Å². The molecule has 1 saturated heterocycles. The maximum absolute atomic E-state index is 4.91. The molecule has 1 aromatic carbocycles. The van der Waals surface area contributed by atoms with E-state index in [1.165, 1.54) is 29.9 Å². The van der Waals surface area contributed by atoms with Gasteiger partial charge < -0.3 is 4.57 Å². The number of aryl methyl sites for hydroxylation is 2. The van der Waals surface area contributed by atoms with E-state index < -0.39 is 0 Å². The van der Waals surface area contributed by atoms with Crippen molar-refractivity contribution in [2.45, 2.75) is 32.2 Å². The Kier molecular flexibility index (Phi) is 3.91. The normalized spacial score (nSPS) is 19.0. The van der Waals surface area contributed by atoms with E-state index >= 15 is 0 Å². The Morgan fingerprint density at radius 1 is 1.26 bits per heavy atom. The summed E-state index contributed by atoms with van der Waals surface area (Å²) in [5, 5.41) is 3.35. The van der Waals surface area contributed by atoms with Gasteiger partial charge in [-0.1, -0.05) is 12.1 Å². The second-order valence-corrected chi connectivity index (χ2v) is 7.38. The lowest BCUT2D eigenvalue weighted by molar-refractivity contribution is 0.248. The third-order valence-electron chi connectivity index (χ3n) is 4.81. The van der Waals surface area contributed by atoms with Crippen molar-refractivity contribution in [3.8, 4) is 0 Å². The van der Waals surface area contributed by atoms with Gasteiger partial charge in [-0.15, -0.1) is 11.3 Å². The van der Waals surface area contributed by atoms with E-state index in [1.807, 2.05) is 0 Å². The molecule has 120 valence electrons. The lowest BCUT2D eigenvalue weighted by atomic mass is 10.2. The van der Waals surface area contributed by atoms with Crippen LogP contribution in [0.4, 0.5) is 0 Å². The Morgan fingerprint density at radius 2 is 2.13 bits per heavy atom. The Hall–Kier alpha value is -1.72. The van der Waals surface area contributed by atoms with Crippen LogP contribution >= 0.6 is 11.3 Å². The first-order chi connectivity index (χ1) is 11.2. The highest BCUT2D eigenvalue weighted by atomic mass is 32.1. The maximum Gasteiger partial charge on any atom is 0.127 e. The summed E-state index contributed by atoms with van der Waals surface area (Å²) >= 11 is 1.74. The molecule has 3 heterocycles. The first-order valence-corrected chi connectivity index (χ1v) is 9.17. The van der Waals surface area contributed by atoms with Crippen LogP contribution in [-0.4, -0.2) is 32.5 Å². The molecule has 4 rings (SSSR count). The van der Waals surface area contributed by atoms with Crippen LogP contribution in [0.5, 0.6) is 0 Å². The molecule has 0 N–H and O–H groups in total. The maximum atomic E-state index is 4.91. The summed E-state index contributed by atoms with van der Waals surface area (Å²) in [5.41, 5.74) is 3.56. The number of hydrogen-bond donors (Lipinski definition) is 0. The second kappa shape index (κ2) is 6.06. The standard InChI is InChI=1S/C18H22N4S/c1-13-19-14(12-23-13)9-11-22-10-5-8-17(22)18-20-15-6-3-4-7-16(15)21(18)2/h3-4,6-7,12,17H,5,8-11H2,1-2H3/t17-/m1/s1. The number of likely N-dealkylation sites (tertiary alicyclic amines) is 1. The van der Waals surface area contributed by atoms with Crippen LogP contribution in [0.25, 0.3) is 11.0 Å². The quantitative estimate of drug-likeness (QED) is 0.733.